The lowest BCUT2D eigenvalue weighted by Crippen LogP contribution is -2.21. The van der Waals surface area contributed by atoms with E-state index >= 15 is 0 Å². The highest BCUT2D eigenvalue weighted by molar-refractivity contribution is 14.1. The summed E-state index contributed by atoms with van der Waals surface area (Å²) in [5, 5.41) is 0. The second-order valence-corrected chi connectivity index (χ2v) is 5.48. The quantitative estimate of drug-likeness (QED) is 0.315. The first kappa shape index (κ1) is 15.5. The number of alkyl halides is 1. The summed E-state index contributed by atoms with van der Waals surface area (Å²) in [5.74, 6) is 6.52. The van der Waals surface area contributed by atoms with Gasteiger partial charge in [0.1, 0.15) is 0 Å². The van der Waals surface area contributed by atoms with Gasteiger partial charge in [-0.25, -0.2) is 0 Å². The largest absolute Gasteiger partial charge is 0.362 e. The Morgan fingerprint density at radius 3 is 2.50 bits per heavy atom. The zero-order valence-electron chi connectivity index (χ0n) is 11.2. The predicted molar refractivity (Wildman–Crippen MR) is 85.9 cm³/mol. The van der Waals surface area contributed by atoms with Gasteiger partial charge in [-0.1, -0.05) is 71.2 Å². The van der Waals surface area contributed by atoms with Gasteiger partial charge in [-0.2, -0.15) is 0 Å². The van der Waals surface area contributed by atoms with Gasteiger partial charge in [0.25, 0.3) is 0 Å². The Bertz CT molecular complexity index is 391. The minimum atomic E-state index is -0.482. The van der Waals surface area contributed by atoms with Crippen molar-refractivity contribution in [3.8, 4) is 11.8 Å². The molecule has 0 radical (unpaired) electrons. The standard InChI is InChI=1S/C16H21IO/c1-16(18-2,15-11-7-6-8-12-15)13-9-4-3-5-10-14-17/h6-8,11-12H,3-5,10,14H2,1-2H3. The Hall–Kier alpha value is -0.530. The van der Waals surface area contributed by atoms with Crippen LogP contribution in [0.5, 0.6) is 0 Å². The van der Waals surface area contributed by atoms with Gasteiger partial charge in [0, 0.05) is 13.5 Å². The Morgan fingerprint density at radius 1 is 1.17 bits per heavy atom. The van der Waals surface area contributed by atoms with Crippen LogP contribution in [0.15, 0.2) is 30.3 Å². The van der Waals surface area contributed by atoms with E-state index in [1.54, 1.807) is 7.11 Å². The number of unbranched alkanes of at least 4 members (excludes halogenated alkanes) is 3. The third-order valence-electron chi connectivity index (χ3n) is 3.00. The number of halogens is 1. The van der Waals surface area contributed by atoms with Crippen molar-refractivity contribution in [2.75, 3.05) is 11.5 Å². The molecule has 0 aliphatic rings. The monoisotopic (exact) mass is 356 g/mol. The van der Waals surface area contributed by atoms with Crippen LogP contribution in [0.2, 0.25) is 0 Å². The maximum absolute atomic E-state index is 5.58. The smallest absolute Gasteiger partial charge is 0.150 e. The fourth-order valence-corrected chi connectivity index (χ4v) is 2.25. The maximum Gasteiger partial charge on any atom is 0.150 e. The van der Waals surface area contributed by atoms with E-state index in [9.17, 15) is 0 Å². The van der Waals surface area contributed by atoms with E-state index in [2.05, 4.69) is 46.6 Å². The van der Waals surface area contributed by atoms with Crippen molar-refractivity contribution in [3.63, 3.8) is 0 Å². The molecular formula is C16H21IO. The van der Waals surface area contributed by atoms with Gasteiger partial charge in [-0.3, -0.25) is 0 Å². The van der Waals surface area contributed by atoms with Crippen LogP contribution in [0.4, 0.5) is 0 Å². The van der Waals surface area contributed by atoms with Gasteiger partial charge >= 0.3 is 0 Å². The number of hydrogen-bond acceptors (Lipinski definition) is 1. The molecule has 0 aliphatic carbocycles. The highest BCUT2D eigenvalue weighted by Gasteiger charge is 2.22. The molecule has 2 heteroatoms. The first-order valence-corrected chi connectivity index (χ1v) is 7.92. The van der Waals surface area contributed by atoms with Crippen molar-refractivity contribution >= 4 is 22.6 Å². The molecule has 0 aliphatic heterocycles. The number of rotatable bonds is 6. The van der Waals surface area contributed by atoms with Gasteiger partial charge < -0.3 is 4.74 Å². The average Bonchev–Trinajstić information content (AvgIpc) is 2.43. The van der Waals surface area contributed by atoms with E-state index in [4.69, 9.17) is 4.74 Å². The molecule has 0 bridgehead atoms. The van der Waals surface area contributed by atoms with Crippen LogP contribution in [-0.2, 0) is 10.3 Å². The molecule has 0 aromatic heterocycles. The molecule has 0 amide bonds. The lowest BCUT2D eigenvalue weighted by atomic mass is 9.96. The number of ether oxygens (including phenoxy) is 1. The molecular weight excluding hydrogens is 335 g/mol. The van der Waals surface area contributed by atoms with Crippen LogP contribution in [0.1, 0.15) is 38.2 Å². The molecule has 98 valence electrons. The Balaban J connectivity index is 2.58. The molecule has 0 spiro atoms. The molecule has 0 fully saturated rings. The zero-order valence-corrected chi connectivity index (χ0v) is 13.4. The molecule has 1 nitrogen and oxygen atoms in total. The molecule has 18 heavy (non-hydrogen) atoms. The summed E-state index contributed by atoms with van der Waals surface area (Å²) in [6, 6.07) is 10.2. The second-order valence-electron chi connectivity index (χ2n) is 4.40. The number of hydrogen-bond donors (Lipinski definition) is 0. The van der Waals surface area contributed by atoms with Gasteiger partial charge in [-0.05, 0) is 29.8 Å². The minimum Gasteiger partial charge on any atom is -0.362 e. The third kappa shape index (κ3) is 4.99. The van der Waals surface area contributed by atoms with Crippen molar-refractivity contribution in [2.24, 2.45) is 0 Å². The molecule has 1 aromatic carbocycles. The summed E-state index contributed by atoms with van der Waals surface area (Å²) in [5.41, 5.74) is 0.636. The van der Waals surface area contributed by atoms with E-state index in [0.29, 0.717) is 0 Å². The number of methoxy groups -OCH3 is 1. The Kier molecular flexibility index (Phi) is 7.38. The van der Waals surface area contributed by atoms with Gasteiger partial charge in [0.2, 0.25) is 0 Å². The van der Waals surface area contributed by atoms with Crippen molar-refractivity contribution in [2.45, 2.75) is 38.2 Å². The molecule has 1 rings (SSSR count). The maximum atomic E-state index is 5.58. The number of benzene rings is 1. The molecule has 1 atom stereocenters. The molecule has 0 saturated carbocycles. The lowest BCUT2D eigenvalue weighted by molar-refractivity contribution is 0.0551. The molecule has 0 heterocycles. The summed E-state index contributed by atoms with van der Waals surface area (Å²) in [7, 11) is 1.72. The fraction of sp³-hybridized carbons (Fsp3) is 0.500. The van der Waals surface area contributed by atoms with Crippen LogP contribution in [-0.4, -0.2) is 11.5 Å². The van der Waals surface area contributed by atoms with Crippen LogP contribution in [0, 0.1) is 11.8 Å². The van der Waals surface area contributed by atoms with Crippen molar-refractivity contribution in [3.05, 3.63) is 35.9 Å². The van der Waals surface area contributed by atoms with E-state index in [1.165, 1.54) is 23.7 Å². The van der Waals surface area contributed by atoms with E-state index in [1.807, 2.05) is 25.1 Å². The first-order chi connectivity index (χ1) is 8.73. The zero-order chi connectivity index (χ0) is 13.3. The summed E-state index contributed by atoms with van der Waals surface area (Å²) >= 11 is 2.42. The van der Waals surface area contributed by atoms with Crippen LogP contribution in [0.25, 0.3) is 0 Å². The average molecular weight is 356 g/mol. The minimum absolute atomic E-state index is 0.482. The highest BCUT2D eigenvalue weighted by atomic mass is 127. The van der Waals surface area contributed by atoms with Crippen LogP contribution >= 0.6 is 22.6 Å². The first-order valence-electron chi connectivity index (χ1n) is 6.39. The Morgan fingerprint density at radius 2 is 1.89 bits per heavy atom. The van der Waals surface area contributed by atoms with E-state index in [0.717, 1.165) is 12.0 Å². The summed E-state index contributed by atoms with van der Waals surface area (Å²) in [4.78, 5) is 0. The molecule has 1 aromatic rings. The second kappa shape index (κ2) is 8.55. The predicted octanol–water partition coefficient (Wildman–Crippen LogP) is 4.55. The fourth-order valence-electron chi connectivity index (χ4n) is 1.71. The molecule has 0 N–H and O–H groups in total. The third-order valence-corrected chi connectivity index (χ3v) is 3.76. The molecule has 0 saturated heterocycles. The van der Waals surface area contributed by atoms with Gasteiger partial charge in [-0.15, -0.1) is 0 Å². The summed E-state index contributed by atoms with van der Waals surface area (Å²) in [6.07, 6.45) is 4.71. The molecule has 1 unspecified atom stereocenters. The lowest BCUT2D eigenvalue weighted by Gasteiger charge is -2.22. The normalized spacial score (nSPS) is 13.5. The van der Waals surface area contributed by atoms with Gasteiger partial charge in [0.15, 0.2) is 5.60 Å². The summed E-state index contributed by atoms with van der Waals surface area (Å²) in [6.45, 7) is 2.03. The SMILES string of the molecule is COC(C)(C#CCCCCCI)c1ccccc1. The van der Waals surface area contributed by atoms with Crippen LogP contribution < -0.4 is 0 Å². The summed E-state index contributed by atoms with van der Waals surface area (Å²) < 4.78 is 6.82. The highest BCUT2D eigenvalue weighted by Crippen LogP contribution is 2.23. The van der Waals surface area contributed by atoms with Crippen LogP contribution in [0.3, 0.4) is 0 Å². The van der Waals surface area contributed by atoms with E-state index < -0.39 is 5.60 Å². The van der Waals surface area contributed by atoms with Crippen molar-refractivity contribution in [1.29, 1.82) is 0 Å². The topological polar surface area (TPSA) is 9.23 Å². The van der Waals surface area contributed by atoms with Crippen molar-refractivity contribution in [1.82, 2.24) is 0 Å². The van der Waals surface area contributed by atoms with E-state index in [-0.39, 0.29) is 0 Å². The van der Waals surface area contributed by atoms with Gasteiger partial charge in [0.05, 0.1) is 0 Å². The van der Waals surface area contributed by atoms with Crippen molar-refractivity contribution < 1.29 is 4.74 Å². The Labute approximate surface area is 124 Å².